The Kier molecular flexibility index (Phi) is 7.75. The van der Waals surface area contributed by atoms with Gasteiger partial charge in [-0.15, -0.1) is 0 Å². The third-order valence-electron chi connectivity index (χ3n) is 6.72. The molecule has 0 spiro atoms. The van der Waals surface area contributed by atoms with Crippen LogP contribution in [0.1, 0.15) is 48.7 Å². The van der Waals surface area contributed by atoms with E-state index in [1.807, 2.05) is 53.2 Å². The summed E-state index contributed by atoms with van der Waals surface area (Å²) in [6.07, 6.45) is 8.26. The fraction of sp³-hybridized carbons (Fsp3) is 0.370. The predicted molar refractivity (Wildman–Crippen MR) is 132 cm³/mol. The average Bonchev–Trinajstić information content (AvgIpc) is 3.34. The molecule has 0 radical (unpaired) electrons. The summed E-state index contributed by atoms with van der Waals surface area (Å²) in [5.41, 5.74) is 14.0. The molecule has 0 aliphatic heterocycles. The number of carbonyl (C=O) groups excluding carboxylic acids is 2. The number of hydrogen-bond donors (Lipinski definition) is 3. The molecule has 0 bridgehead atoms. The number of hydrogen-bond acceptors (Lipinski definition) is 4. The summed E-state index contributed by atoms with van der Waals surface area (Å²) in [6.45, 7) is 0.695. The first-order valence-electron chi connectivity index (χ1n) is 12.0. The van der Waals surface area contributed by atoms with E-state index in [2.05, 4.69) is 22.4 Å². The zero-order valence-electron chi connectivity index (χ0n) is 19.4. The summed E-state index contributed by atoms with van der Waals surface area (Å²) in [5, 5.41) is 3.30. The first-order valence-corrected chi connectivity index (χ1v) is 12.0. The van der Waals surface area contributed by atoms with Crippen LogP contribution in [0.2, 0.25) is 0 Å². The molecule has 0 saturated heterocycles. The van der Waals surface area contributed by atoms with Crippen molar-refractivity contribution in [2.24, 2.45) is 23.3 Å². The molecule has 1 aromatic heterocycles. The van der Waals surface area contributed by atoms with Crippen molar-refractivity contribution >= 4 is 11.8 Å². The van der Waals surface area contributed by atoms with Crippen molar-refractivity contribution in [3.8, 4) is 5.69 Å². The van der Waals surface area contributed by atoms with Gasteiger partial charge in [0.05, 0.1) is 12.5 Å². The van der Waals surface area contributed by atoms with E-state index in [0.29, 0.717) is 18.9 Å². The van der Waals surface area contributed by atoms with Gasteiger partial charge < -0.3 is 21.4 Å². The van der Waals surface area contributed by atoms with E-state index in [9.17, 15) is 9.59 Å². The Morgan fingerprint density at radius 1 is 1.00 bits per heavy atom. The SMILES string of the molecule is NCC1CCC(C(=O)N[C@@H](Cc2ccccc2)c2nccn2-c2ccc(CC(N)=O)cc2)CC1. The van der Waals surface area contributed by atoms with E-state index >= 15 is 0 Å². The number of amides is 2. The maximum absolute atomic E-state index is 13.3. The van der Waals surface area contributed by atoms with Crippen molar-refractivity contribution in [2.45, 2.75) is 44.6 Å². The molecule has 0 unspecified atom stereocenters. The lowest BCUT2D eigenvalue weighted by atomic mass is 9.81. The molecule has 1 aliphatic rings. The van der Waals surface area contributed by atoms with Gasteiger partial charge in [0.2, 0.25) is 11.8 Å². The minimum Gasteiger partial charge on any atom is -0.369 e. The maximum Gasteiger partial charge on any atom is 0.223 e. The molecule has 7 nitrogen and oxygen atoms in total. The van der Waals surface area contributed by atoms with Crippen molar-refractivity contribution in [1.29, 1.82) is 0 Å². The number of aromatic nitrogens is 2. The first kappa shape index (κ1) is 23.7. The predicted octanol–water partition coefficient (Wildman–Crippen LogP) is 3.07. The summed E-state index contributed by atoms with van der Waals surface area (Å²) in [6, 6.07) is 17.5. The van der Waals surface area contributed by atoms with E-state index in [1.165, 1.54) is 0 Å². The second-order valence-corrected chi connectivity index (χ2v) is 9.17. The van der Waals surface area contributed by atoms with Gasteiger partial charge in [-0.2, -0.15) is 0 Å². The highest BCUT2D eigenvalue weighted by molar-refractivity contribution is 5.79. The Labute approximate surface area is 200 Å². The van der Waals surface area contributed by atoms with Gasteiger partial charge >= 0.3 is 0 Å². The fourth-order valence-corrected chi connectivity index (χ4v) is 4.77. The Morgan fingerprint density at radius 3 is 2.35 bits per heavy atom. The fourth-order valence-electron chi connectivity index (χ4n) is 4.77. The van der Waals surface area contributed by atoms with Crippen molar-refractivity contribution in [2.75, 3.05) is 6.54 Å². The first-order chi connectivity index (χ1) is 16.5. The van der Waals surface area contributed by atoms with Gasteiger partial charge in [0, 0.05) is 24.0 Å². The second kappa shape index (κ2) is 11.1. The van der Waals surface area contributed by atoms with Crippen LogP contribution in [-0.2, 0) is 22.4 Å². The van der Waals surface area contributed by atoms with Gasteiger partial charge in [0.1, 0.15) is 5.82 Å². The highest BCUT2D eigenvalue weighted by atomic mass is 16.2. The van der Waals surface area contributed by atoms with Gasteiger partial charge in [0.25, 0.3) is 0 Å². The van der Waals surface area contributed by atoms with E-state index in [0.717, 1.165) is 48.3 Å². The number of benzene rings is 2. The molecular weight excluding hydrogens is 426 g/mol. The zero-order chi connectivity index (χ0) is 23.9. The van der Waals surface area contributed by atoms with E-state index in [-0.39, 0.29) is 30.2 Å². The largest absolute Gasteiger partial charge is 0.369 e. The van der Waals surface area contributed by atoms with E-state index in [4.69, 9.17) is 11.5 Å². The van der Waals surface area contributed by atoms with Crippen LogP contribution in [0, 0.1) is 11.8 Å². The molecule has 2 aromatic carbocycles. The van der Waals surface area contributed by atoms with Crippen molar-refractivity contribution < 1.29 is 9.59 Å². The van der Waals surface area contributed by atoms with Crippen molar-refractivity contribution in [3.63, 3.8) is 0 Å². The monoisotopic (exact) mass is 459 g/mol. The van der Waals surface area contributed by atoms with Gasteiger partial charge in [-0.05, 0) is 67.8 Å². The normalized spacial score (nSPS) is 18.9. The smallest absolute Gasteiger partial charge is 0.223 e. The molecule has 7 heteroatoms. The van der Waals surface area contributed by atoms with Gasteiger partial charge in [-0.25, -0.2) is 4.98 Å². The molecule has 1 aliphatic carbocycles. The van der Waals surface area contributed by atoms with Crippen LogP contribution < -0.4 is 16.8 Å². The maximum atomic E-state index is 13.3. The molecule has 1 atom stereocenters. The van der Waals surface area contributed by atoms with Crippen LogP contribution >= 0.6 is 0 Å². The van der Waals surface area contributed by atoms with Crippen LogP contribution in [0.4, 0.5) is 0 Å². The molecule has 1 saturated carbocycles. The number of rotatable bonds is 9. The number of imidazole rings is 1. The molecule has 1 fully saturated rings. The number of primary amides is 1. The Hall–Kier alpha value is -3.45. The molecule has 178 valence electrons. The third kappa shape index (κ3) is 5.91. The molecule has 34 heavy (non-hydrogen) atoms. The van der Waals surface area contributed by atoms with Gasteiger partial charge in [-0.1, -0.05) is 42.5 Å². The number of nitrogens with two attached hydrogens (primary N) is 2. The summed E-state index contributed by atoms with van der Waals surface area (Å²) in [5.74, 6) is 1.04. The topological polar surface area (TPSA) is 116 Å². The third-order valence-corrected chi connectivity index (χ3v) is 6.72. The number of nitrogens with zero attached hydrogens (tertiary/aromatic N) is 2. The number of nitrogens with one attached hydrogen (secondary N) is 1. The molecule has 5 N–H and O–H groups in total. The summed E-state index contributed by atoms with van der Waals surface area (Å²) in [7, 11) is 0. The van der Waals surface area contributed by atoms with Crippen molar-refractivity contribution in [1.82, 2.24) is 14.9 Å². The molecule has 2 amide bonds. The van der Waals surface area contributed by atoms with Crippen LogP contribution in [0.5, 0.6) is 0 Å². The van der Waals surface area contributed by atoms with E-state index in [1.54, 1.807) is 6.20 Å². The molecular formula is C27H33N5O2. The summed E-state index contributed by atoms with van der Waals surface area (Å²) >= 11 is 0. The summed E-state index contributed by atoms with van der Waals surface area (Å²) < 4.78 is 1.99. The Balaban J connectivity index is 1.57. The Morgan fingerprint density at radius 2 is 1.71 bits per heavy atom. The summed E-state index contributed by atoms with van der Waals surface area (Å²) in [4.78, 5) is 29.1. The van der Waals surface area contributed by atoms with Crippen LogP contribution in [0.15, 0.2) is 67.0 Å². The Bertz CT molecular complexity index is 1090. The van der Waals surface area contributed by atoms with E-state index < -0.39 is 0 Å². The lowest BCUT2D eigenvalue weighted by molar-refractivity contribution is -0.127. The minimum atomic E-state index is -0.359. The second-order valence-electron chi connectivity index (χ2n) is 9.17. The quantitative estimate of drug-likeness (QED) is 0.456. The van der Waals surface area contributed by atoms with Gasteiger partial charge in [0.15, 0.2) is 0 Å². The lowest BCUT2D eigenvalue weighted by Gasteiger charge is -2.29. The van der Waals surface area contributed by atoms with Crippen LogP contribution in [0.3, 0.4) is 0 Å². The molecule has 4 rings (SSSR count). The highest BCUT2D eigenvalue weighted by Gasteiger charge is 2.29. The standard InChI is InChI=1S/C27H33N5O2/c28-18-21-6-10-22(11-7-21)27(34)31-24(16-19-4-2-1-3-5-19)26-30-14-15-32(26)23-12-8-20(9-13-23)17-25(29)33/h1-5,8-9,12-15,21-22,24H,6-7,10-11,16-18,28H2,(H2,29,33)(H,31,34)/t21?,22?,24-/m0/s1. The van der Waals surface area contributed by atoms with Crippen molar-refractivity contribution in [3.05, 3.63) is 83.9 Å². The minimum absolute atomic E-state index is 0.0116. The lowest BCUT2D eigenvalue weighted by Crippen LogP contribution is -2.38. The van der Waals surface area contributed by atoms with Gasteiger partial charge in [-0.3, -0.25) is 9.59 Å². The zero-order valence-corrected chi connectivity index (χ0v) is 19.4. The molecule has 3 aromatic rings. The molecule has 1 heterocycles. The van der Waals surface area contributed by atoms with Crippen LogP contribution in [-0.4, -0.2) is 27.9 Å². The average molecular weight is 460 g/mol. The highest BCUT2D eigenvalue weighted by Crippen LogP contribution is 2.29. The van der Waals surface area contributed by atoms with Crippen LogP contribution in [0.25, 0.3) is 5.69 Å². The number of carbonyl (C=O) groups is 2.